The van der Waals surface area contributed by atoms with E-state index >= 15 is 0 Å². The first-order chi connectivity index (χ1) is 8.20. The molecular weight excluding hydrogens is 261 g/mol. The van der Waals surface area contributed by atoms with Gasteiger partial charge in [-0.2, -0.15) is 10.1 Å². The number of halogens is 2. The Labute approximate surface area is 108 Å². The summed E-state index contributed by atoms with van der Waals surface area (Å²) in [5, 5.41) is 6.64. The van der Waals surface area contributed by atoms with Crippen LogP contribution in [0.15, 0.2) is 35.6 Å². The lowest BCUT2D eigenvalue weighted by Gasteiger charge is -2.05. The van der Waals surface area contributed by atoms with Crippen LogP contribution in [0.25, 0.3) is 0 Å². The number of hydrogen-bond acceptors (Lipinski definition) is 3. The number of aromatic nitrogens is 2. The van der Waals surface area contributed by atoms with E-state index in [-0.39, 0.29) is 12.4 Å². The fraction of sp³-hybridized carbons (Fsp3) is 0.0909. The molecule has 17 heavy (non-hydrogen) atoms. The van der Waals surface area contributed by atoms with Crippen molar-refractivity contribution in [3.05, 3.63) is 47.0 Å². The van der Waals surface area contributed by atoms with E-state index in [0.717, 1.165) is 0 Å². The van der Waals surface area contributed by atoms with E-state index in [1.54, 1.807) is 18.3 Å². The highest BCUT2D eigenvalue weighted by atomic mass is 35.5. The number of isothiocyanates is 1. The van der Waals surface area contributed by atoms with Crippen molar-refractivity contribution in [2.75, 3.05) is 0 Å². The van der Waals surface area contributed by atoms with Gasteiger partial charge in [0, 0.05) is 10.6 Å². The third-order valence-electron chi connectivity index (χ3n) is 2.18. The molecule has 0 amide bonds. The Morgan fingerprint density at radius 2 is 2.35 bits per heavy atom. The van der Waals surface area contributed by atoms with Gasteiger partial charge in [-0.25, -0.2) is 4.39 Å². The lowest BCUT2D eigenvalue weighted by Crippen LogP contribution is -2.02. The fourth-order valence-electron chi connectivity index (χ4n) is 1.39. The molecule has 0 atom stereocenters. The van der Waals surface area contributed by atoms with Gasteiger partial charge in [0.1, 0.15) is 11.5 Å². The quantitative estimate of drug-likeness (QED) is 0.630. The third kappa shape index (κ3) is 2.77. The number of thiocarbonyl (C=S) groups is 1. The van der Waals surface area contributed by atoms with Gasteiger partial charge in [-0.1, -0.05) is 17.7 Å². The molecule has 0 fully saturated rings. The summed E-state index contributed by atoms with van der Waals surface area (Å²) in [5.41, 5.74) is 0.975. The van der Waals surface area contributed by atoms with Gasteiger partial charge < -0.3 is 0 Å². The van der Waals surface area contributed by atoms with E-state index in [0.29, 0.717) is 16.3 Å². The van der Waals surface area contributed by atoms with Gasteiger partial charge in [0.25, 0.3) is 0 Å². The maximum absolute atomic E-state index is 13.5. The van der Waals surface area contributed by atoms with E-state index < -0.39 is 0 Å². The molecule has 2 aromatic rings. The number of nitrogens with zero attached hydrogens (tertiary/aromatic N) is 3. The van der Waals surface area contributed by atoms with Crippen molar-refractivity contribution in [2.24, 2.45) is 4.99 Å². The first kappa shape index (κ1) is 11.9. The molecule has 1 aromatic carbocycles. The molecule has 0 spiro atoms. The Hall–Kier alpha value is -1.55. The van der Waals surface area contributed by atoms with Crippen LogP contribution in [0.4, 0.5) is 10.1 Å². The molecule has 0 N–H and O–H groups in total. The molecule has 3 nitrogen and oxygen atoms in total. The van der Waals surface area contributed by atoms with Gasteiger partial charge in [0.05, 0.1) is 24.1 Å². The predicted molar refractivity (Wildman–Crippen MR) is 67.4 cm³/mol. The lowest BCUT2D eigenvalue weighted by molar-refractivity contribution is 0.585. The monoisotopic (exact) mass is 267 g/mol. The second kappa shape index (κ2) is 5.19. The Morgan fingerprint density at radius 1 is 1.53 bits per heavy atom. The fourth-order valence-corrected chi connectivity index (χ4v) is 1.72. The molecule has 0 unspecified atom stereocenters. The smallest absolute Gasteiger partial charge is 0.129 e. The van der Waals surface area contributed by atoms with Crippen LogP contribution >= 0.6 is 23.8 Å². The molecule has 6 heteroatoms. The van der Waals surface area contributed by atoms with Gasteiger partial charge in [-0.15, -0.1) is 0 Å². The van der Waals surface area contributed by atoms with Crippen LogP contribution in [0, 0.1) is 5.82 Å². The summed E-state index contributed by atoms with van der Waals surface area (Å²) < 4.78 is 15.1. The van der Waals surface area contributed by atoms with Crippen LogP contribution in [-0.2, 0) is 6.54 Å². The predicted octanol–water partition coefficient (Wildman–Crippen LogP) is 3.46. The number of rotatable bonds is 3. The van der Waals surface area contributed by atoms with E-state index in [2.05, 4.69) is 27.5 Å². The SMILES string of the molecule is Fc1cccc(Cl)c1Cn1cc(N=C=S)cn1. The molecule has 0 aliphatic carbocycles. The molecule has 0 aliphatic rings. The van der Waals surface area contributed by atoms with Gasteiger partial charge in [-0.3, -0.25) is 4.68 Å². The summed E-state index contributed by atoms with van der Waals surface area (Å²) in [7, 11) is 0. The first-order valence-electron chi connectivity index (χ1n) is 4.74. The van der Waals surface area contributed by atoms with E-state index in [4.69, 9.17) is 11.6 Å². The Morgan fingerprint density at radius 3 is 3.06 bits per heavy atom. The maximum atomic E-state index is 13.5. The summed E-state index contributed by atoms with van der Waals surface area (Å²) in [5.74, 6) is -0.354. The normalized spacial score (nSPS) is 10.0. The van der Waals surface area contributed by atoms with E-state index in [9.17, 15) is 4.39 Å². The summed E-state index contributed by atoms with van der Waals surface area (Å²) in [6, 6.07) is 4.56. The van der Waals surface area contributed by atoms with E-state index in [1.165, 1.54) is 16.9 Å². The van der Waals surface area contributed by atoms with Gasteiger partial charge >= 0.3 is 0 Å². The molecule has 2 rings (SSSR count). The summed E-state index contributed by atoms with van der Waals surface area (Å²) in [6.07, 6.45) is 3.16. The summed E-state index contributed by atoms with van der Waals surface area (Å²) in [4.78, 5) is 3.77. The molecule has 1 aromatic heterocycles. The minimum Gasteiger partial charge on any atom is -0.266 e. The molecule has 0 saturated heterocycles. The number of aliphatic imine (C=N–C) groups is 1. The minimum absolute atomic E-state index is 0.248. The highest BCUT2D eigenvalue weighted by molar-refractivity contribution is 7.78. The average molecular weight is 268 g/mol. The minimum atomic E-state index is -0.354. The molecule has 86 valence electrons. The Balaban J connectivity index is 2.28. The van der Waals surface area contributed by atoms with Crippen molar-refractivity contribution in [1.29, 1.82) is 0 Å². The summed E-state index contributed by atoms with van der Waals surface area (Å²) in [6.45, 7) is 0.248. The zero-order valence-electron chi connectivity index (χ0n) is 8.60. The van der Waals surface area contributed by atoms with Gasteiger partial charge in [0.2, 0.25) is 0 Å². The molecule has 1 heterocycles. The second-order valence-electron chi connectivity index (χ2n) is 3.30. The Bertz CT molecular complexity index is 570. The van der Waals surface area contributed by atoms with Crippen molar-refractivity contribution in [1.82, 2.24) is 9.78 Å². The van der Waals surface area contributed by atoms with Crippen molar-refractivity contribution in [2.45, 2.75) is 6.54 Å². The molecule has 0 aliphatic heterocycles. The van der Waals surface area contributed by atoms with Crippen LogP contribution < -0.4 is 0 Å². The standard InChI is InChI=1S/C11H7ClFN3S/c12-10-2-1-3-11(13)9(10)6-16-5-8(4-15-16)14-7-17/h1-5H,6H2. The van der Waals surface area contributed by atoms with Crippen molar-refractivity contribution >= 4 is 34.7 Å². The maximum Gasteiger partial charge on any atom is 0.129 e. The molecule has 0 saturated carbocycles. The molecular formula is C11H7ClFN3S. The van der Waals surface area contributed by atoms with Crippen LogP contribution in [0.5, 0.6) is 0 Å². The van der Waals surface area contributed by atoms with Crippen molar-refractivity contribution in [3.63, 3.8) is 0 Å². The van der Waals surface area contributed by atoms with Gasteiger partial charge in [-0.05, 0) is 24.4 Å². The van der Waals surface area contributed by atoms with Crippen LogP contribution in [0.1, 0.15) is 5.56 Å². The highest BCUT2D eigenvalue weighted by Crippen LogP contribution is 2.20. The van der Waals surface area contributed by atoms with Crippen molar-refractivity contribution in [3.8, 4) is 0 Å². The molecule has 0 radical (unpaired) electrons. The highest BCUT2D eigenvalue weighted by Gasteiger charge is 2.08. The largest absolute Gasteiger partial charge is 0.266 e. The zero-order valence-corrected chi connectivity index (χ0v) is 10.2. The number of hydrogen-bond donors (Lipinski definition) is 0. The van der Waals surface area contributed by atoms with Crippen LogP contribution in [-0.4, -0.2) is 14.9 Å². The third-order valence-corrected chi connectivity index (χ3v) is 2.62. The first-order valence-corrected chi connectivity index (χ1v) is 5.52. The van der Waals surface area contributed by atoms with Crippen LogP contribution in [0.2, 0.25) is 5.02 Å². The summed E-state index contributed by atoms with van der Waals surface area (Å²) >= 11 is 10.4. The lowest BCUT2D eigenvalue weighted by atomic mass is 10.2. The second-order valence-corrected chi connectivity index (χ2v) is 3.89. The Kier molecular flexibility index (Phi) is 3.64. The van der Waals surface area contributed by atoms with Gasteiger partial charge in [0.15, 0.2) is 0 Å². The topological polar surface area (TPSA) is 30.2 Å². The molecule has 0 bridgehead atoms. The average Bonchev–Trinajstić information content (AvgIpc) is 2.72. The zero-order chi connectivity index (χ0) is 12.3. The van der Waals surface area contributed by atoms with Crippen molar-refractivity contribution < 1.29 is 4.39 Å². The van der Waals surface area contributed by atoms with Crippen LogP contribution in [0.3, 0.4) is 0 Å². The van der Waals surface area contributed by atoms with E-state index in [1.807, 2.05) is 0 Å². The number of benzene rings is 1.